The molecule has 0 saturated heterocycles. The summed E-state index contributed by atoms with van der Waals surface area (Å²) < 4.78 is 164. The fraction of sp³-hybridized carbons (Fsp3) is 0.0686. The Morgan fingerprint density at radius 3 is 0.986 bits per heavy atom. The summed E-state index contributed by atoms with van der Waals surface area (Å²) in [5.74, 6) is -6.05. The summed E-state index contributed by atoms with van der Waals surface area (Å²) in [6, 6.07) is 95.3. The van der Waals surface area contributed by atoms with E-state index in [0.717, 1.165) is 58.0 Å². The molecule has 141 heavy (non-hydrogen) atoms. The number of aliphatic hydroxyl groups excluding tert-OH is 2. The molecule has 0 bridgehead atoms. The van der Waals surface area contributed by atoms with Crippen LogP contribution >= 0.6 is 0 Å². The van der Waals surface area contributed by atoms with Gasteiger partial charge in [0.1, 0.15) is 17.2 Å². The quantitative estimate of drug-likeness (QED) is 0.0405. The molecule has 39 heteroatoms. The van der Waals surface area contributed by atoms with Crippen molar-refractivity contribution in [2.24, 2.45) is 0 Å². The van der Waals surface area contributed by atoms with Crippen molar-refractivity contribution in [1.29, 1.82) is 0 Å². The first-order chi connectivity index (χ1) is 64.5. The summed E-state index contributed by atoms with van der Waals surface area (Å²) in [5.41, 5.74) is 4.53. The Morgan fingerprint density at radius 2 is 0.688 bits per heavy atom. The molecular formula is C102H74F13Ir6N12O8-7. The molecule has 0 aliphatic heterocycles. The van der Waals surface area contributed by atoms with E-state index in [0.29, 0.717) is 17.5 Å². The summed E-state index contributed by atoms with van der Waals surface area (Å²) in [6.45, 7) is 5.70. The van der Waals surface area contributed by atoms with Gasteiger partial charge in [0.2, 0.25) is 0 Å². The number of benzene rings is 7. The van der Waals surface area contributed by atoms with Gasteiger partial charge in [-0.25, -0.2) is 19.6 Å². The van der Waals surface area contributed by atoms with Crippen molar-refractivity contribution < 1.29 is 217 Å². The second kappa shape index (κ2) is 66.3. The van der Waals surface area contributed by atoms with Crippen molar-refractivity contribution in [3.8, 4) is 79.1 Å². The van der Waals surface area contributed by atoms with Gasteiger partial charge in [-0.15, -0.1) is 156 Å². The zero-order chi connectivity index (χ0) is 98.1. The average Bonchev–Trinajstić information content (AvgIpc) is 1.20. The van der Waals surface area contributed by atoms with E-state index < -0.39 is 70.7 Å². The smallest absolute Gasteiger partial charge is 0.429 e. The van der Waals surface area contributed by atoms with Gasteiger partial charge >= 0.3 is 30.5 Å². The number of fused-ring (bicyclic) bond motifs is 1. The van der Waals surface area contributed by atoms with Crippen molar-refractivity contribution >= 4 is 34.3 Å². The molecule has 17 aromatic rings. The number of halogens is 13. The first-order valence-electron chi connectivity index (χ1n) is 39.2. The fourth-order valence-electron chi connectivity index (χ4n) is 10.4. The van der Waals surface area contributed by atoms with Gasteiger partial charge in [-0.3, -0.25) is 37.2 Å². The van der Waals surface area contributed by atoms with E-state index >= 15 is 0 Å². The summed E-state index contributed by atoms with van der Waals surface area (Å²) in [6.07, 6.45) is 2.11. The van der Waals surface area contributed by atoms with E-state index in [1.807, 2.05) is 140 Å². The normalized spacial score (nSPS) is 10.1. The molecule has 0 saturated carbocycles. The SMILES string of the molecule is CC(=O)C=C(C)O.CC(=O)C=C(C)O.FC(F)(F)c1[c-]c(-c2ccccn2)cc(C(F)(F)F)c1.FC(F)(F)c1n[n-]c(-c2ccccn2)n1.Fc1c[c-]c(-c2ccccn2)c(F)c1.Fc1c[c-]c(-c2ccccn2)c(F)c1.O=C(O)c1ccccn1.O=C(O)c1ccccn1.[Ir].[Ir].[Ir].[Ir].[Ir].[Ir].[c-]1ccccc1-c1ccccn1.[c-]1ccccc1-c1ccccn1.[c-]1ccccc1-c1nccc2ccccc12. The molecule has 0 aliphatic carbocycles. The molecule has 0 spiro atoms. The van der Waals surface area contributed by atoms with Crippen LogP contribution in [0.2, 0.25) is 0 Å². The van der Waals surface area contributed by atoms with Crippen molar-refractivity contribution in [3.63, 3.8) is 0 Å². The van der Waals surface area contributed by atoms with E-state index in [9.17, 15) is 76.3 Å². The first kappa shape index (κ1) is 126. The number of pyridine rings is 9. The van der Waals surface area contributed by atoms with Crippen molar-refractivity contribution in [3.05, 3.63) is 453 Å². The van der Waals surface area contributed by atoms with Crippen LogP contribution < -0.4 is 5.10 Å². The molecule has 0 fully saturated rings. The van der Waals surface area contributed by atoms with Crippen LogP contribution in [0.1, 0.15) is 65.6 Å². The molecule has 17 rings (SSSR count). The Bertz CT molecular complexity index is 6200. The number of allylic oxidation sites excluding steroid dienone is 4. The Labute approximate surface area is 882 Å². The molecule has 10 aromatic heterocycles. The van der Waals surface area contributed by atoms with Crippen LogP contribution in [0.5, 0.6) is 0 Å². The number of rotatable bonds is 11. The van der Waals surface area contributed by atoms with Gasteiger partial charge in [0.15, 0.2) is 11.6 Å². The fourth-order valence-corrected chi connectivity index (χ4v) is 10.4. The van der Waals surface area contributed by atoms with Crippen LogP contribution in [0.15, 0.2) is 365 Å². The third-order valence-corrected chi connectivity index (χ3v) is 16.1. The largest absolute Gasteiger partial charge is 0.512 e. The molecule has 0 atom stereocenters. The van der Waals surface area contributed by atoms with Crippen molar-refractivity contribution in [2.75, 3.05) is 0 Å². The number of aromatic carboxylic acids is 2. The molecular weight excluding hydrogens is 2920 g/mol. The second-order valence-electron chi connectivity index (χ2n) is 26.6. The third-order valence-electron chi connectivity index (χ3n) is 16.1. The standard InChI is InChI=1S/C15H10N.C13H6F6N.2C11H6F2N.2C11H8N.C8H4F3N4.2C6H5NO2.2C5H8O2.6Ir/c1-2-7-13(8-3-1)15-14-9-5-4-6-12(14)10-11-16-15;14-12(15,16)9-5-8(11-3-1-2-4-20-11)6-10(7-9)13(17,18)19;2*12-8-4-5-9(10(13)7-8)11-3-1-2-6-14-11;2*1-2-6-10(7-3-1)11-8-4-5-9-12-11;9-8(10,11)7-13-6(14-15-7)5-3-1-2-4-12-5;2*8-6(9)5-3-1-2-4-7-5;2*1-4(6)3-5(2)7;;;;;;/h1-7,9-11H;1-5,7H;2*1-4,6-7H;2*1-6,8-9H;1-4H;2*1-4H,(H,8,9);2*3,6H,1-2H3;;;;;;/q7*-1;;;;;;;;;;. The predicted molar refractivity (Wildman–Crippen MR) is 479 cm³/mol. The van der Waals surface area contributed by atoms with Gasteiger partial charge in [-0.05, 0) is 162 Å². The number of carbonyl (C=O) groups excluding carboxylic acids is 2. The summed E-state index contributed by atoms with van der Waals surface area (Å²) in [4.78, 5) is 79.0. The Balaban J connectivity index is 0.000000781. The maximum absolute atomic E-state index is 13.2. The van der Waals surface area contributed by atoms with E-state index in [-0.39, 0.29) is 195 Å². The average molecular weight is 3000 g/mol. The second-order valence-corrected chi connectivity index (χ2v) is 26.6. The van der Waals surface area contributed by atoms with Crippen molar-refractivity contribution in [2.45, 2.75) is 46.2 Å². The number of alkyl halides is 9. The van der Waals surface area contributed by atoms with E-state index in [1.165, 1.54) is 112 Å². The number of nitrogens with zero attached hydrogens (tertiary/aromatic N) is 12. The van der Waals surface area contributed by atoms with Crippen LogP contribution in [0.25, 0.3) is 89.8 Å². The molecule has 0 unspecified atom stereocenters. The van der Waals surface area contributed by atoms with Crippen molar-refractivity contribution in [1.82, 2.24) is 60.0 Å². The number of hydrogen-bond donors (Lipinski definition) is 4. The molecule has 0 aliphatic rings. The van der Waals surface area contributed by atoms with Crippen LogP contribution in [-0.2, 0) is 149 Å². The third kappa shape index (κ3) is 47.0. The molecule has 4 N–H and O–H groups in total. The molecule has 10 heterocycles. The Hall–Kier alpha value is -13.4. The monoisotopic (exact) mass is 3000 g/mol. The minimum Gasteiger partial charge on any atom is -0.512 e. The van der Waals surface area contributed by atoms with E-state index in [2.05, 4.69) is 103 Å². The number of aromatic nitrogens is 12. The topological polar surface area (TPSA) is 305 Å². The minimum absolute atomic E-state index is 0. The predicted octanol–water partition coefficient (Wildman–Crippen LogP) is 24.2. The zero-order valence-electron chi connectivity index (χ0n) is 73.2. The summed E-state index contributed by atoms with van der Waals surface area (Å²) >= 11 is 0. The number of aliphatic hydroxyl groups is 2. The van der Waals surface area contributed by atoms with Gasteiger partial charge in [0, 0.05) is 212 Å². The van der Waals surface area contributed by atoms with Gasteiger partial charge in [0.05, 0.1) is 17.2 Å². The first-order valence-corrected chi connectivity index (χ1v) is 39.2. The number of carboxylic acids is 2. The van der Waals surface area contributed by atoms with E-state index in [4.69, 9.17) is 20.4 Å². The molecule has 6 radical (unpaired) electrons. The molecule has 7 aromatic carbocycles. The van der Waals surface area contributed by atoms with Gasteiger partial charge in [-0.1, -0.05) is 126 Å². The van der Waals surface area contributed by atoms with Gasteiger partial charge in [0.25, 0.3) is 0 Å². The summed E-state index contributed by atoms with van der Waals surface area (Å²) in [5, 5.41) is 42.0. The molecule has 742 valence electrons. The van der Waals surface area contributed by atoms with Crippen LogP contribution in [0.3, 0.4) is 0 Å². The Morgan fingerprint density at radius 1 is 0.340 bits per heavy atom. The molecule has 20 nitrogen and oxygen atoms in total. The number of carbonyl (C=O) groups is 4. The Kier molecular flexibility index (Phi) is 59.1. The summed E-state index contributed by atoms with van der Waals surface area (Å²) in [7, 11) is 0. The number of hydrogen-bond acceptors (Lipinski definition) is 17. The number of carboxylic acid groups (broad SMARTS) is 2. The van der Waals surface area contributed by atoms with E-state index in [1.54, 1.807) is 97.6 Å². The van der Waals surface area contributed by atoms with Crippen LogP contribution in [0, 0.1) is 59.7 Å². The maximum atomic E-state index is 13.2. The maximum Gasteiger partial charge on any atom is 0.429 e. The number of ketones is 2. The van der Waals surface area contributed by atoms with Crippen LogP contribution in [0.4, 0.5) is 57.1 Å². The zero-order valence-corrected chi connectivity index (χ0v) is 87.6. The van der Waals surface area contributed by atoms with Crippen LogP contribution in [-0.4, -0.2) is 98.9 Å². The van der Waals surface area contributed by atoms with Gasteiger partial charge < -0.3 is 60.4 Å². The van der Waals surface area contributed by atoms with Gasteiger partial charge in [-0.2, -0.15) is 39.5 Å². The molecule has 0 amide bonds. The minimum atomic E-state index is -4.91.